The fraction of sp³-hybridized carbons (Fsp3) is 0.375. The molecule has 9 rings (SSSR count). The number of nitrogens with zero attached hydrogens (tertiary/aromatic N) is 1. The minimum Gasteiger partial charge on any atom is -0.504 e. The van der Waals surface area contributed by atoms with Crippen molar-refractivity contribution in [2.75, 3.05) is 13.1 Å². The van der Waals surface area contributed by atoms with Crippen molar-refractivity contribution in [2.24, 2.45) is 5.92 Å². The molecule has 0 unspecified atom stereocenters. The summed E-state index contributed by atoms with van der Waals surface area (Å²) >= 11 is 0. The first-order valence-electron chi connectivity index (χ1n) is 13.8. The summed E-state index contributed by atoms with van der Waals surface area (Å²) in [6.45, 7) is 2.04. The second-order valence-electron chi connectivity index (χ2n) is 12.1. The number of aromatic hydroxyl groups is 1. The second-order valence-corrected chi connectivity index (χ2v) is 12.1. The number of aromatic nitrogens is 1. The molecule has 3 aliphatic carbocycles. The van der Waals surface area contributed by atoms with Gasteiger partial charge in [0.05, 0.1) is 16.7 Å². The Morgan fingerprint density at radius 1 is 1.03 bits per heavy atom. The Kier molecular flexibility index (Phi) is 3.80. The van der Waals surface area contributed by atoms with Crippen molar-refractivity contribution in [3.63, 3.8) is 0 Å². The van der Waals surface area contributed by atoms with E-state index in [-0.39, 0.29) is 17.9 Å². The number of phenolic OH excluding ortho intramolecular Hbond substituents is 1. The SMILES string of the molecule is Oc1ccc2c3c1O[C@@H]1c4[nH]c5ccc(-c6ccccc6)cc5c4C[C@@]4(O)[C@@H](C2)N(CC2CC2)CC[C@]314. The number of piperidine rings is 1. The van der Waals surface area contributed by atoms with Crippen molar-refractivity contribution < 1.29 is 14.9 Å². The van der Waals surface area contributed by atoms with E-state index in [1.165, 1.54) is 40.5 Å². The molecule has 2 fully saturated rings. The van der Waals surface area contributed by atoms with Gasteiger partial charge in [-0.3, -0.25) is 4.90 Å². The van der Waals surface area contributed by atoms with Crippen LogP contribution < -0.4 is 4.74 Å². The van der Waals surface area contributed by atoms with Gasteiger partial charge in [0.25, 0.3) is 0 Å². The van der Waals surface area contributed by atoms with E-state index < -0.39 is 11.0 Å². The number of rotatable bonds is 3. The highest BCUT2D eigenvalue weighted by atomic mass is 16.5. The number of nitrogens with one attached hydrogen (secondary N) is 1. The molecule has 4 atom stereocenters. The lowest BCUT2D eigenvalue weighted by atomic mass is 9.49. The zero-order valence-electron chi connectivity index (χ0n) is 20.7. The Morgan fingerprint density at radius 3 is 2.73 bits per heavy atom. The highest BCUT2D eigenvalue weighted by Gasteiger charge is 2.72. The molecule has 5 heteroatoms. The number of ether oxygens (including phenoxy) is 1. The molecule has 1 saturated heterocycles. The van der Waals surface area contributed by atoms with Gasteiger partial charge in [0.15, 0.2) is 17.6 Å². The van der Waals surface area contributed by atoms with Crippen LogP contribution in [0.1, 0.15) is 47.8 Å². The number of aromatic amines is 1. The highest BCUT2D eigenvalue weighted by Crippen LogP contribution is 2.69. The molecule has 0 amide bonds. The maximum absolute atomic E-state index is 13.0. The zero-order chi connectivity index (χ0) is 24.5. The van der Waals surface area contributed by atoms with Gasteiger partial charge in [-0.2, -0.15) is 0 Å². The van der Waals surface area contributed by atoms with Crippen molar-refractivity contribution in [2.45, 2.75) is 55.3 Å². The number of phenols is 1. The normalized spacial score (nSPS) is 31.2. The summed E-state index contributed by atoms with van der Waals surface area (Å²) in [7, 11) is 0. The summed E-state index contributed by atoms with van der Waals surface area (Å²) in [5.74, 6) is 1.55. The van der Waals surface area contributed by atoms with Gasteiger partial charge >= 0.3 is 0 Å². The molecule has 5 nitrogen and oxygen atoms in total. The average Bonchev–Trinajstić information content (AvgIpc) is 3.55. The first-order valence-corrected chi connectivity index (χ1v) is 13.8. The van der Waals surface area contributed by atoms with Crippen LogP contribution in [0.4, 0.5) is 0 Å². The van der Waals surface area contributed by atoms with Crippen molar-refractivity contribution in [1.82, 2.24) is 9.88 Å². The van der Waals surface area contributed by atoms with Gasteiger partial charge in [0, 0.05) is 35.5 Å². The molecule has 3 heterocycles. The molecule has 2 aliphatic heterocycles. The number of likely N-dealkylation sites (tertiary alicyclic amines) is 1. The first kappa shape index (κ1) is 20.7. The third-order valence-electron chi connectivity index (χ3n) is 10.3. The van der Waals surface area contributed by atoms with Gasteiger partial charge in [-0.1, -0.05) is 42.5 Å². The molecule has 0 radical (unpaired) electrons. The van der Waals surface area contributed by atoms with Crippen LogP contribution in [0.2, 0.25) is 0 Å². The van der Waals surface area contributed by atoms with E-state index in [0.717, 1.165) is 48.6 Å². The van der Waals surface area contributed by atoms with Crippen LogP contribution in [0, 0.1) is 5.92 Å². The van der Waals surface area contributed by atoms with Crippen molar-refractivity contribution in [3.05, 3.63) is 83.0 Å². The summed E-state index contributed by atoms with van der Waals surface area (Å²) in [4.78, 5) is 6.31. The van der Waals surface area contributed by atoms with Crippen LogP contribution in [0.25, 0.3) is 22.0 Å². The Hall–Kier alpha value is -3.28. The number of aliphatic hydroxyl groups is 1. The lowest BCUT2D eigenvalue weighted by Gasteiger charge is -2.62. The maximum Gasteiger partial charge on any atom is 0.166 e. The topological polar surface area (TPSA) is 68.7 Å². The van der Waals surface area contributed by atoms with E-state index >= 15 is 0 Å². The average molecular weight is 491 g/mol. The van der Waals surface area contributed by atoms with E-state index in [1.54, 1.807) is 6.07 Å². The fourth-order valence-electron chi connectivity index (χ4n) is 8.43. The van der Waals surface area contributed by atoms with Crippen LogP contribution >= 0.6 is 0 Å². The first-order chi connectivity index (χ1) is 18.1. The minimum atomic E-state index is -0.957. The van der Waals surface area contributed by atoms with E-state index in [4.69, 9.17) is 4.74 Å². The number of benzene rings is 3. The lowest BCUT2D eigenvalue weighted by Crippen LogP contribution is -2.74. The molecule has 1 saturated carbocycles. The van der Waals surface area contributed by atoms with Gasteiger partial charge in [0.1, 0.15) is 0 Å². The van der Waals surface area contributed by atoms with E-state index in [9.17, 15) is 10.2 Å². The number of H-pyrrole nitrogens is 1. The molecule has 2 bridgehead atoms. The molecule has 1 aromatic heterocycles. The van der Waals surface area contributed by atoms with Crippen LogP contribution in [0.15, 0.2) is 60.7 Å². The summed E-state index contributed by atoms with van der Waals surface area (Å²) in [5, 5.41) is 25.1. The van der Waals surface area contributed by atoms with Gasteiger partial charge in [-0.25, -0.2) is 0 Å². The minimum absolute atomic E-state index is 0.0475. The smallest absolute Gasteiger partial charge is 0.166 e. The van der Waals surface area contributed by atoms with Crippen LogP contribution in [-0.2, 0) is 18.3 Å². The Morgan fingerprint density at radius 2 is 1.89 bits per heavy atom. The molecule has 1 spiro atoms. The van der Waals surface area contributed by atoms with Gasteiger partial charge in [-0.05, 0) is 78.6 Å². The van der Waals surface area contributed by atoms with Gasteiger partial charge in [-0.15, -0.1) is 0 Å². The monoisotopic (exact) mass is 490 g/mol. The number of hydrogen-bond acceptors (Lipinski definition) is 4. The molecule has 186 valence electrons. The standard InChI is InChI=1S/C32H30N2O3/c35-25-11-9-21-15-26-32(36)16-23-22-14-20(19-4-2-1-3-5-19)8-10-24(22)33-28(23)30-31(32,27(21)29(25)37-30)12-13-34(26)17-18-6-7-18/h1-5,8-11,14,18,26,30,33,35-36H,6-7,12-13,15-17H2/t26-,30-,31+,32-/m1/s1. The van der Waals surface area contributed by atoms with Crippen molar-refractivity contribution in [1.29, 1.82) is 0 Å². The van der Waals surface area contributed by atoms with Gasteiger partial charge in [0.2, 0.25) is 0 Å². The predicted molar refractivity (Wildman–Crippen MR) is 142 cm³/mol. The van der Waals surface area contributed by atoms with Crippen molar-refractivity contribution in [3.8, 4) is 22.6 Å². The van der Waals surface area contributed by atoms with Crippen LogP contribution in [0.5, 0.6) is 11.5 Å². The second kappa shape index (κ2) is 6.77. The van der Waals surface area contributed by atoms with E-state index in [0.29, 0.717) is 12.2 Å². The Bertz CT molecular complexity index is 1610. The molecule has 4 aromatic rings. The third kappa shape index (κ3) is 2.47. The molecule has 3 N–H and O–H groups in total. The maximum atomic E-state index is 13.0. The quantitative estimate of drug-likeness (QED) is 0.367. The number of fused-ring (bicyclic) bond motifs is 4. The predicted octanol–water partition coefficient (Wildman–Crippen LogP) is 5.24. The largest absolute Gasteiger partial charge is 0.504 e. The van der Waals surface area contributed by atoms with Gasteiger partial charge < -0.3 is 19.9 Å². The molecule has 3 aromatic carbocycles. The highest BCUT2D eigenvalue weighted by molar-refractivity contribution is 5.90. The lowest BCUT2D eigenvalue weighted by molar-refractivity contribution is -0.173. The Labute approximate surface area is 215 Å². The Balaban J connectivity index is 1.28. The summed E-state index contributed by atoms with van der Waals surface area (Å²) in [6, 6.07) is 21.0. The van der Waals surface area contributed by atoms with E-state index in [1.807, 2.05) is 6.07 Å². The number of hydrogen-bond donors (Lipinski definition) is 3. The fourth-order valence-corrected chi connectivity index (χ4v) is 8.43. The molecule has 5 aliphatic rings. The molecular weight excluding hydrogens is 460 g/mol. The zero-order valence-corrected chi connectivity index (χ0v) is 20.7. The summed E-state index contributed by atoms with van der Waals surface area (Å²) in [5.41, 5.74) is 6.49. The molecular formula is C32H30N2O3. The molecule has 37 heavy (non-hydrogen) atoms. The third-order valence-corrected chi connectivity index (χ3v) is 10.3. The van der Waals surface area contributed by atoms with Crippen LogP contribution in [-0.4, -0.2) is 44.8 Å². The van der Waals surface area contributed by atoms with Crippen molar-refractivity contribution >= 4 is 10.9 Å². The summed E-state index contributed by atoms with van der Waals surface area (Å²) < 4.78 is 6.71. The van der Waals surface area contributed by atoms with E-state index in [2.05, 4.69) is 58.4 Å². The summed E-state index contributed by atoms with van der Waals surface area (Å²) in [6.07, 6.45) is 4.52. The van der Waals surface area contributed by atoms with Crippen LogP contribution in [0.3, 0.4) is 0 Å².